The predicted molar refractivity (Wildman–Crippen MR) is 48.4 cm³/mol. The number of hydrogen-bond donors (Lipinski definition) is 0. The summed E-state index contributed by atoms with van der Waals surface area (Å²) in [6.45, 7) is 6.07. The number of carbonyl (C=O) groups excluding carboxylic acids is 1. The third kappa shape index (κ3) is 1.60. The first-order valence-electron chi connectivity index (χ1n) is 3.81. The van der Waals surface area contributed by atoms with Crippen molar-refractivity contribution in [3.8, 4) is 0 Å². The third-order valence-electron chi connectivity index (χ3n) is 2.09. The van der Waals surface area contributed by atoms with Gasteiger partial charge in [-0.3, -0.25) is 0 Å². The second-order valence-corrected chi connectivity index (χ2v) is 2.91. The molecule has 0 aliphatic heterocycles. The standard InChI is InChI=1S/C10H11NO/c1-7-4-10(11-6-12)5-8(2)9(7)3/h4-5H,1-3H3. The van der Waals surface area contributed by atoms with Gasteiger partial charge in [-0.2, -0.15) is 4.99 Å². The summed E-state index contributed by atoms with van der Waals surface area (Å²) in [5.41, 5.74) is 4.25. The first kappa shape index (κ1) is 8.69. The second kappa shape index (κ2) is 3.33. The van der Waals surface area contributed by atoms with Crippen molar-refractivity contribution in [1.82, 2.24) is 0 Å². The minimum Gasteiger partial charge on any atom is -0.211 e. The summed E-state index contributed by atoms with van der Waals surface area (Å²) in [5, 5.41) is 0. The molecule has 0 amide bonds. The fourth-order valence-corrected chi connectivity index (χ4v) is 1.13. The van der Waals surface area contributed by atoms with E-state index in [1.165, 1.54) is 11.6 Å². The molecule has 0 aromatic heterocycles. The first-order chi connectivity index (χ1) is 5.65. The minimum absolute atomic E-state index is 0.686. The van der Waals surface area contributed by atoms with Gasteiger partial charge in [0.2, 0.25) is 6.08 Å². The van der Waals surface area contributed by atoms with Crippen molar-refractivity contribution in [3.63, 3.8) is 0 Å². The second-order valence-electron chi connectivity index (χ2n) is 2.91. The van der Waals surface area contributed by atoms with Crippen LogP contribution in [0.5, 0.6) is 0 Å². The van der Waals surface area contributed by atoms with Gasteiger partial charge in [-0.25, -0.2) is 4.79 Å². The maximum Gasteiger partial charge on any atom is 0.240 e. The van der Waals surface area contributed by atoms with Crippen molar-refractivity contribution in [2.75, 3.05) is 0 Å². The number of isocyanates is 1. The molecule has 62 valence electrons. The Bertz CT molecular complexity index is 326. The summed E-state index contributed by atoms with van der Waals surface area (Å²) in [7, 11) is 0. The molecule has 1 aromatic rings. The minimum atomic E-state index is 0.686. The Kier molecular flexibility index (Phi) is 2.41. The average molecular weight is 161 g/mol. The Labute approximate surface area is 71.9 Å². The highest BCUT2D eigenvalue weighted by Crippen LogP contribution is 2.20. The molecule has 0 radical (unpaired) electrons. The fraction of sp³-hybridized carbons (Fsp3) is 0.300. The van der Waals surface area contributed by atoms with Crippen molar-refractivity contribution < 1.29 is 4.79 Å². The van der Waals surface area contributed by atoms with Gasteiger partial charge in [0, 0.05) is 0 Å². The molecule has 0 aliphatic rings. The van der Waals surface area contributed by atoms with Crippen molar-refractivity contribution in [2.24, 2.45) is 4.99 Å². The molecule has 0 spiro atoms. The van der Waals surface area contributed by atoms with E-state index >= 15 is 0 Å². The number of aryl methyl sites for hydroxylation is 2. The lowest BCUT2D eigenvalue weighted by atomic mass is 10.0. The number of nitrogens with zero attached hydrogens (tertiary/aromatic N) is 1. The molecule has 0 unspecified atom stereocenters. The van der Waals surface area contributed by atoms with E-state index in [1.54, 1.807) is 0 Å². The van der Waals surface area contributed by atoms with E-state index in [1.807, 2.05) is 26.0 Å². The van der Waals surface area contributed by atoms with Crippen LogP contribution in [0.15, 0.2) is 17.1 Å². The number of benzene rings is 1. The number of aliphatic imine (C=N–C) groups is 1. The maximum absolute atomic E-state index is 9.99. The Morgan fingerprint density at radius 3 is 2.08 bits per heavy atom. The Morgan fingerprint density at radius 2 is 1.67 bits per heavy atom. The molecule has 2 heteroatoms. The van der Waals surface area contributed by atoms with Crippen molar-refractivity contribution in [2.45, 2.75) is 20.8 Å². The monoisotopic (exact) mass is 161 g/mol. The molecule has 0 saturated carbocycles. The lowest BCUT2D eigenvalue weighted by Crippen LogP contribution is -1.84. The predicted octanol–water partition coefficient (Wildman–Crippen LogP) is 2.58. The molecule has 1 rings (SSSR count). The van der Waals surface area contributed by atoms with Crippen molar-refractivity contribution in [3.05, 3.63) is 28.8 Å². The number of hydrogen-bond acceptors (Lipinski definition) is 2. The molecule has 2 nitrogen and oxygen atoms in total. The van der Waals surface area contributed by atoms with E-state index in [0.717, 1.165) is 11.1 Å². The summed E-state index contributed by atoms with van der Waals surface area (Å²) in [5.74, 6) is 0. The number of rotatable bonds is 1. The lowest BCUT2D eigenvalue weighted by molar-refractivity contribution is 0.565. The van der Waals surface area contributed by atoms with Gasteiger partial charge in [-0.05, 0) is 49.6 Å². The lowest BCUT2D eigenvalue weighted by Gasteiger charge is -2.04. The van der Waals surface area contributed by atoms with Gasteiger partial charge in [0.15, 0.2) is 0 Å². The molecule has 0 N–H and O–H groups in total. The van der Waals surface area contributed by atoms with Gasteiger partial charge in [-0.15, -0.1) is 0 Å². The molecule has 0 saturated heterocycles. The topological polar surface area (TPSA) is 29.4 Å². The van der Waals surface area contributed by atoms with Crippen molar-refractivity contribution in [1.29, 1.82) is 0 Å². The quantitative estimate of drug-likeness (QED) is 0.459. The highest BCUT2D eigenvalue weighted by Gasteiger charge is 1.98. The molecular weight excluding hydrogens is 150 g/mol. The van der Waals surface area contributed by atoms with Crippen LogP contribution in [-0.4, -0.2) is 6.08 Å². The molecule has 1 aromatic carbocycles. The Balaban J connectivity index is 3.30. The van der Waals surface area contributed by atoms with Crippen LogP contribution in [0.1, 0.15) is 16.7 Å². The zero-order valence-corrected chi connectivity index (χ0v) is 7.51. The van der Waals surface area contributed by atoms with Crippen LogP contribution in [-0.2, 0) is 4.79 Å². The van der Waals surface area contributed by atoms with Gasteiger partial charge in [0.1, 0.15) is 0 Å². The van der Waals surface area contributed by atoms with E-state index in [2.05, 4.69) is 11.9 Å². The van der Waals surface area contributed by atoms with Crippen LogP contribution in [0.25, 0.3) is 0 Å². The maximum atomic E-state index is 9.99. The van der Waals surface area contributed by atoms with Crippen LogP contribution in [0.2, 0.25) is 0 Å². The molecule has 0 aliphatic carbocycles. The average Bonchev–Trinajstić information content (AvgIpc) is 2.01. The normalized spacial score (nSPS) is 9.25. The van der Waals surface area contributed by atoms with E-state index in [-0.39, 0.29) is 0 Å². The first-order valence-corrected chi connectivity index (χ1v) is 3.81. The smallest absolute Gasteiger partial charge is 0.211 e. The molecular formula is C10H11NO. The van der Waals surface area contributed by atoms with Crippen LogP contribution in [0, 0.1) is 20.8 Å². The fourth-order valence-electron chi connectivity index (χ4n) is 1.13. The molecule has 12 heavy (non-hydrogen) atoms. The molecule has 0 fully saturated rings. The van der Waals surface area contributed by atoms with Crippen molar-refractivity contribution >= 4 is 11.8 Å². The van der Waals surface area contributed by atoms with E-state index in [9.17, 15) is 4.79 Å². The molecule has 0 atom stereocenters. The zero-order valence-electron chi connectivity index (χ0n) is 7.51. The SMILES string of the molecule is Cc1cc(N=C=O)cc(C)c1C. The summed E-state index contributed by atoms with van der Waals surface area (Å²) in [4.78, 5) is 13.6. The zero-order chi connectivity index (χ0) is 9.14. The largest absolute Gasteiger partial charge is 0.240 e. The van der Waals surface area contributed by atoms with Crippen LogP contribution in [0.4, 0.5) is 5.69 Å². The molecule has 0 heterocycles. The van der Waals surface area contributed by atoms with E-state index in [0.29, 0.717) is 5.69 Å². The van der Waals surface area contributed by atoms with Crippen LogP contribution >= 0.6 is 0 Å². The van der Waals surface area contributed by atoms with Gasteiger partial charge in [-0.1, -0.05) is 0 Å². The summed E-state index contributed by atoms with van der Waals surface area (Å²) in [6, 6.07) is 3.76. The Hall–Kier alpha value is -1.40. The van der Waals surface area contributed by atoms with Gasteiger partial charge in [0.05, 0.1) is 5.69 Å². The summed E-state index contributed by atoms with van der Waals surface area (Å²) in [6.07, 6.45) is 1.53. The van der Waals surface area contributed by atoms with Gasteiger partial charge in [0.25, 0.3) is 0 Å². The van der Waals surface area contributed by atoms with E-state index in [4.69, 9.17) is 0 Å². The highest BCUT2D eigenvalue weighted by molar-refractivity contribution is 5.53. The highest BCUT2D eigenvalue weighted by atomic mass is 16.1. The van der Waals surface area contributed by atoms with Crippen LogP contribution in [0.3, 0.4) is 0 Å². The van der Waals surface area contributed by atoms with Gasteiger partial charge < -0.3 is 0 Å². The molecule has 0 bridgehead atoms. The summed E-state index contributed by atoms with van der Waals surface area (Å²) < 4.78 is 0. The van der Waals surface area contributed by atoms with Gasteiger partial charge >= 0.3 is 0 Å². The Morgan fingerprint density at radius 1 is 1.17 bits per heavy atom. The third-order valence-corrected chi connectivity index (χ3v) is 2.09. The van der Waals surface area contributed by atoms with Crippen LogP contribution < -0.4 is 0 Å². The summed E-state index contributed by atoms with van der Waals surface area (Å²) >= 11 is 0. The van der Waals surface area contributed by atoms with E-state index < -0.39 is 0 Å².